The fraction of sp³-hybridized carbons (Fsp3) is 0.562. The van der Waals surface area contributed by atoms with E-state index in [1.807, 2.05) is 17.0 Å². The Kier molecular flexibility index (Phi) is 4.71. The van der Waals surface area contributed by atoms with Gasteiger partial charge in [-0.3, -0.25) is 9.59 Å². The number of rotatable bonds is 2. The Balaban J connectivity index is 1.59. The summed E-state index contributed by atoms with van der Waals surface area (Å²) in [6.07, 6.45) is 3.32. The van der Waals surface area contributed by atoms with Crippen LogP contribution in [0, 0.1) is 0 Å². The highest BCUT2D eigenvalue weighted by atomic mass is 35.5. The summed E-state index contributed by atoms with van der Waals surface area (Å²) in [5, 5.41) is 0.619. The van der Waals surface area contributed by atoms with Crippen LogP contribution in [0.2, 0.25) is 5.02 Å². The molecule has 0 bridgehead atoms. The number of piperazine rings is 1. The van der Waals surface area contributed by atoms with Crippen LogP contribution < -0.4 is 4.90 Å². The van der Waals surface area contributed by atoms with Crippen LogP contribution in [0.5, 0.6) is 0 Å². The Morgan fingerprint density at radius 3 is 2.52 bits per heavy atom. The van der Waals surface area contributed by atoms with Crippen molar-refractivity contribution in [2.45, 2.75) is 25.8 Å². The average molecular weight is 337 g/mol. The number of pyridine rings is 1. The first-order valence-corrected chi connectivity index (χ1v) is 8.36. The van der Waals surface area contributed by atoms with Crippen molar-refractivity contribution in [1.29, 1.82) is 0 Å². The number of anilines is 1. The van der Waals surface area contributed by atoms with Gasteiger partial charge in [0.2, 0.25) is 11.8 Å². The number of carbonyl (C=O) groups excluding carboxylic acids is 2. The topological polar surface area (TPSA) is 56.8 Å². The fourth-order valence-electron chi connectivity index (χ4n) is 3.32. The third-order valence-corrected chi connectivity index (χ3v) is 4.79. The zero-order valence-corrected chi connectivity index (χ0v) is 14.0. The summed E-state index contributed by atoms with van der Waals surface area (Å²) in [5.74, 6) is 0.957. The van der Waals surface area contributed by atoms with E-state index in [4.69, 9.17) is 11.6 Å². The predicted octanol–water partition coefficient (Wildman–Crippen LogP) is 1.39. The number of hydrogen-bond acceptors (Lipinski definition) is 4. The first-order chi connectivity index (χ1) is 11.1. The molecule has 1 aromatic heterocycles. The first kappa shape index (κ1) is 16.1. The molecule has 2 fully saturated rings. The van der Waals surface area contributed by atoms with Gasteiger partial charge >= 0.3 is 0 Å². The van der Waals surface area contributed by atoms with Gasteiger partial charge in [-0.1, -0.05) is 11.6 Å². The second-order valence-corrected chi connectivity index (χ2v) is 6.45. The predicted molar refractivity (Wildman–Crippen MR) is 88.4 cm³/mol. The van der Waals surface area contributed by atoms with Gasteiger partial charge in [0, 0.05) is 45.8 Å². The number of amides is 2. The lowest BCUT2D eigenvalue weighted by Gasteiger charge is -2.37. The molecular formula is C16H21ClN4O2. The molecular weight excluding hydrogens is 316 g/mol. The van der Waals surface area contributed by atoms with Crippen molar-refractivity contribution in [2.24, 2.45) is 0 Å². The van der Waals surface area contributed by atoms with Gasteiger partial charge in [-0.25, -0.2) is 4.98 Å². The lowest BCUT2D eigenvalue weighted by atomic mass is 10.1. The summed E-state index contributed by atoms with van der Waals surface area (Å²) in [6, 6.07) is 3.45. The van der Waals surface area contributed by atoms with E-state index in [2.05, 4.69) is 9.88 Å². The molecule has 0 radical (unpaired) electrons. The molecule has 0 aromatic carbocycles. The molecule has 124 valence electrons. The zero-order valence-electron chi connectivity index (χ0n) is 13.2. The summed E-state index contributed by atoms with van der Waals surface area (Å²) in [4.78, 5) is 34.4. The lowest BCUT2D eigenvalue weighted by Crippen LogP contribution is -2.54. The summed E-state index contributed by atoms with van der Waals surface area (Å²) < 4.78 is 0. The van der Waals surface area contributed by atoms with Crippen LogP contribution in [0.3, 0.4) is 0 Å². The van der Waals surface area contributed by atoms with E-state index in [1.54, 1.807) is 11.1 Å². The first-order valence-electron chi connectivity index (χ1n) is 7.99. The Morgan fingerprint density at radius 2 is 1.91 bits per heavy atom. The van der Waals surface area contributed by atoms with E-state index in [0.717, 1.165) is 31.7 Å². The molecule has 1 unspecified atom stereocenters. The summed E-state index contributed by atoms with van der Waals surface area (Å²) in [6.45, 7) is 5.03. The average Bonchev–Trinajstić information content (AvgIpc) is 3.05. The van der Waals surface area contributed by atoms with Gasteiger partial charge in [-0.15, -0.1) is 0 Å². The highest BCUT2D eigenvalue weighted by Gasteiger charge is 2.36. The number of likely N-dealkylation sites (tertiary alicyclic amines) is 1. The molecule has 0 aliphatic carbocycles. The normalized spacial score (nSPS) is 21.7. The number of carbonyl (C=O) groups is 2. The molecule has 2 aliphatic rings. The summed E-state index contributed by atoms with van der Waals surface area (Å²) in [5.41, 5.74) is 0. The minimum absolute atomic E-state index is 0.00940. The number of hydrogen-bond donors (Lipinski definition) is 0. The quantitative estimate of drug-likeness (QED) is 0.819. The Morgan fingerprint density at radius 1 is 1.17 bits per heavy atom. The Bertz CT molecular complexity index is 584. The van der Waals surface area contributed by atoms with Crippen molar-refractivity contribution >= 4 is 29.2 Å². The molecule has 1 aromatic rings. The van der Waals surface area contributed by atoms with Gasteiger partial charge in [0.05, 0.1) is 5.02 Å². The third kappa shape index (κ3) is 3.42. The van der Waals surface area contributed by atoms with Crippen molar-refractivity contribution in [3.63, 3.8) is 0 Å². The number of nitrogens with zero attached hydrogens (tertiary/aromatic N) is 4. The second-order valence-electron chi connectivity index (χ2n) is 6.02. The van der Waals surface area contributed by atoms with E-state index >= 15 is 0 Å². The van der Waals surface area contributed by atoms with Crippen LogP contribution in [-0.2, 0) is 9.59 Å². The molecule has 1 atom stereocenters. The van der Waals surface area contributed by atoms with Crippen molar-refractivity contribution < 1.29 is 9.59 Å². The van der Waals surface area contributed by atoms with E-state index in [-0.39, 0.29) is 17.9 Å². The molecule has 23 heavy (non-hydrogen) atoms. The van der Waals surface area contributed by atoms with Crippen molar-refractivity contribution in [3.05, 3.63) is 23.4 Å². The molecule has 2 amide bonds. The van der Waals surface area contributed by atoms with Gasteiger partial charge in [-0.05, 0) is 25.0 Å². The maximum absolute atomic E-state index is 12.7. The summed E-state index contributed by atoms with van der Waals surface area (Å²) in [7, 11) is 0. The van der Waals surface area contributed by atoms with Gasteiger partial charge in [0.1, 0.15) is 11.9 Å². The molecule has 0 saturated carbocycles. The highest BCUT2D eigenvalue weighted by Crippen LogP contribution is 2.21. The zero-order chi connectivity index (χ0) is 16.4. The van der Waals surface area contributed by atoms with E-state index < -0.39 is 0 Å². The van der Waals surface area contributed by atoms with Gasteiger partial charge in [-0.2, -0.15) is 0 Å². The number of aromatic nitrogens is 1. The molecule has 3 heterocycles. The summed E-state index contributed by atoms with van der Waals surface area (Å²) >= 11 is 5.86. The third-order valence-electron chi connectivity index (χ3n) is 4.57. The Labute approximate surface area is 141 Å². The van der Waals surface area contributed by atoms with Crippen molar-refractivity contribution in [1.82, 2.24) is 14.8 Å². The van der Waals surface area contributed by atoms with E-state index in [0.29, 0.717) is 24.7 Å². The minimum atomic E-state index is -0.271. The monoisotopic (exact) mass is 336 g/mol. The molecule has 6 nitrogen and oxygen atoms in total. The van der Waals surface area contributed by atoms with Gasteiger partial charge in [0.15, 0.2) is 0 Å². The van der Waals surface area contributed by atoms with E-state index in [1.165, 1.54) is 6.92 Å². The minimum Gasteiger partial charge on any atom is -0.353 e. The molecule has 2 saturated heterocycles. The van der Waals surface area contributed by atoms with Crippen LogP contribution >= 0.6 is 11.6 Å². The molecule has 7 heteroatoms. The smallest absolute Gasteiger partial charge is 0.245 e. The fourth-order valence-corrected chi connectivity index (χ4v) is 3.43. The van der Waals surface area contributed by atoms with Crippen molar-refractivity contribution in [2.75, 3.05) is 37.6 Å². The van der Waals surface area contributed by atoms with Crippen LogP contribution in [0.15, 0.2) is 18.3 Å². The van der Waals surface area contributed by atoms with Crippen molar-refractivity contribution in [3.8, 4) is 0 Å². The van der Waals surface area contributed by atoms with Crippen LogP contribution in [0.25, 0.3) is 0 Å². The van der Waals surface area contributed by atoms with Crippen LogP contribution in [0.4, 0.5) is 5.82 Å². The van der Waals surface area contributed by atoms with Crippen LogP contribution in [0.1, 0.15) is 19.8 Å². The van der Waals surface area contributed by atoms with Gasteiger partial charge < -0.3 is 14.7 Å². The molecule has 2 aliphatic heterocycles. The molecule has 3 rings (SSSR count). The van der Waals surface area contributed by atoms with Crippen LogP contribution in [-0.4, -0.2) is 65.4 Å². The molecule has 0 spiro atoms. The standard InChI is InChI=1S/C16H21ClN4O2/c1-12(22)21-6-2-3-14(21)16(23)20-9-7-19(8-10-20)15-5-4-13(17)11-18-15/h4-5,11,14H,2-3,6-10H2,1H3. The second kappa shape index (κ2) is 6.74. The number of halogens is 1. The highest BCUT2D eigenvalue weighted by molar-refractivity contribution is 6.30. The molecule has 0 N–H and O–H groups in total. The largest absolute Gasteiger partial charge is 0.353 e. The Hall–Kier alpha value is -1.82. The lowest BCUT2D eigenvalue weighted by molar-refractivity contribution is -0.143. The maximum atomic E-state index is 12.7. The maximum Gasteiger partial charge on any atom is 0.245 e. The van der Waals surface area contributed by atoms with Gasteiger partial charge in [0.25, 0.3) is 0 Å². The SMILES string of the molecule is CC(=O)N1CCCC1C(=O)N1CCN(c2ccc(Cl)cn2)CC1. The van der Waals surface area contributed by atoms with E-state index in [9.17, 15) is 9.59 Å².